The van der Waals surface area contributed by atoms with Gasteiger partial charge in [0, 0.05) is 22.5 Å². The van der Waals surface area contributed by atoms with Gasteiger partial charge in [0.1, 0.15) is 5.75 Å². The van der Waals surface area contributed by atoms with Gasteiger partial charge in [0.25, 0.3) is 0 Å². The summed E-state index contributed by atoms with van der Waals surface area (Å²) >= 11 is 0. The molecular formula is C17H16N2O2. The lowest BCUT2D eigenvalue weighted by Gasteiger charge is -2.12. The minimum Gasteiger partial charge on any atom is -0.422 e. The first kappa shape index (κ1) is 14.5. The van der Waals surface area contributed by atoms with Crippen molar-refractivity contribution in [3.8, 4) is 18.1 Å². The molecular weight excluding hydrogens is 264 g/mol. The van der Waals surface area contributed by atoms with Gasteiger partial charge in [-0.25, -0.2) is 4.79 Å². The Morgan fingerprint density at radius 1 is 1.14 bits per heavy atom. The molecule has 4 N–H and O–H groups in total. The zero-order valence-electron chi connectivity index (χ0n) is 11.9. The average molecular weight is 280 g/mol. The molecule has 0 radical (unpaired) electrons. The number of terminal acetylenes is 1. The number of anilines is 2. The highest BCUT2D eigenvalue weighted by Crippen LogP contribution is 2.27. The van der Waals surface area contributed by atoms with Crippen molar-refractivity contribution in [2.45, 2.75) is 13.8 Å². The van der Waals surface area contributed by atoms with Crippen LogP contribution in [0.3, 0.4) is 0 Å². The number of rotatable bonds is 2. The van der Waals surface area contributed by atoms with Crippen molar-refractivity contribution in [3.63, 3.8) is 0 Å². The van der Waals surface area contributed by atoms with Crippen LogP contribution >= 0.6 is 0 Å². The van der Waals surface area contributed by atoms with Gasteiger partial charge in [-0.3, -0.25) is 0 Å². The van der Waals surface area contributed by atoms with Gasteiger partial charge in [-0.2, -0.15) is 0 Å². The smallest absolute Gasteiger partial charge is 0.343 e. The molecule has 0 aliphatic rings. The SMILES string of the molecule is C#Cc1ccc(C)c(OC(=O)c2cc(N)cc(N)c2)c1C. The molecule has 0 fully saturated rings. The van der Waals surface area contributed by atoms with Crippen molar-refractivity contribution in [2.75, 3.05) is 11.5 Å². The van der Waals surface area contributed by atoms with E-state index < -0.39 is 5.97 Å². The summed E-state index contributed by atoms with van der Waals surface area (Å²) in [6.07, 6.45) is 5.43. The first-order valence-corrected chi connectivity index (χ1v) is 6.37. The maximum atomic E-state index is 12.2. The lowest BCUT2D eigenvalue weighted by Crippen LogP contribution is -2.11. The number of ether oxygens (including phenoxy) is 1. The second kappa shape index (κ2) is 5.59. The highest BCUT2D eigenvalue weighted by molar-refractivity contribution is 5.93. The quantitative estimate of drug-likeness (QED) is 0.384. The molecule has 4 nitrogen and oxygen atoms in total. The molecule has 0 aromatic heterocycles. The number of aryl methyl sites for hydroxylation is 1. The van der Waals surface area contributed by atoms with E-state index in [9.17, 15) is 4.79 Å². The minimum absolute atomic E-state index is 0.303. The molecule has 0 atom stereocenters. The van der Waals surface area contributed by atoms with Gasteiger partial charge in [0.2, 0.25) is 0 Å². The third-order valence-corrected chi connectivity index (χ3v) is 3.17. The number of carbonyl (C=O) groups is 1. The summed E-state index contributed by atoms with van der Waals surface area (Å²) in [7, 11) is 0. The lowest BCUT2D eigenvalue weighted by atomic mass is 10.0. The molecule has 2 aromatic rings. The monoisotopic (exact) mass is 280 g/mol. The predicted octanol–water partition coefficient (Wildman–Crippen LogP) is 2.67. The van der Waals surface area contributed by atoms with E-state index in [0.29, 0.717) is 28.3 Å². The maximum Gasteiger partial charge on any atom is 0.343 e. The average Bonchev–Trinajstić information content (AvgIpc) is 2.42. The topological polar surface area (TPSA) is 78.3 Å². The van der Waals surface area contributed by atoms with E-state index in [1.54, 1.807) is 6.07 Å². The van der Waals surface area contributed by atoms with Gasteiger partial charge < -0.3 is 16.2 Å². The second-order valence-electron chi connectivity index (χ2n) is 4.81. The van der Waals surface area contributed by atoms with Gasteiger partial charge in [-0.1, -0.05) is 12.0 Å². The van der Waals surface area contributed by atoms with Crippen molar-refractivity contribution in [1.82, 2.24) is 0 Å². The third kappa shape index (κ3) is 2.98. The van der Waals surface area contributed by atoms with E-state index in [1.807, 2.05) is 26.0 Å². The van der Waals surface area contributed by atoms with Crippen LogP contribution in [0.5, 0.6) is 5.75 Å². The number of benzene rings is 2. The molecule has 0 spiro atoms. The summed E-state index contributed by atoms with van der Waals surface area (Å²) in [6.45, 7) is 3.67. The Morgan fingerprint density at radius 3 is 2.33 bits per heavy atom. The second-order valence-corrected chi connectivity index (χ2v) is 4.81. The van der Waals surface area contributed by atoms with Crippen molar-refractivity contribution in [3.05, 3.63) is 52.6 Å². The summed E-state index contributed by atoms with van der Waals surface area (Å²) < 4.78 is 5.47. The zero-order valence-corrected chi connectivity index (χ0v) is 11.9. The van der Waals surface area contributed by atoms with Crippen LogP contribution in [-0.2, 0) is 0 Å². The molecule has 0 aliphatic carbocycles. The summed E-state index contributed by atoms with van der Waals surface area (Å²) in [5.74, 6) is 2.51. The number of hydrogen-bond donors (Lipinski definition) is 2. The van der Waals surface area contributed by atoms with E-state index in [2.05, 4.69) is 5.92 Å². The van der Waals surface area contributed by atoms with E-state index >= 15 is 0 Å². The summed E-state index contributed by atoms with van der Waals surface area (Å²) in [5, 5.41) is 0. The fourth-order valence-electron chi connectivity index (χ4n) is 2.09. The normalized spacial score (nSPS) is 9.95. The highest BCUT2D eigenvalue weighted by Gasteiger charge is 2.15. The van der Waals surface area contributed by atoms with E-state index in [-0.39, 0.29) is 0 Å². The minimum atomic E-state index is -0.519. The molecule has 4 heteroatoms. The van der Waals surface area contributed by atoms with Crippen LogP contribution in [-0.4, -0.2) is 5.97 Å². The van der Waals surface area contributed by atoms with E-state index in [0.717, 1.165) is 11.1 Å². The largest absolute Gasteiger partial charge is 0.422 e. The van der Waals surface area contributed by atoms with Gasteiger partial charge in [0.05, 0.1) is 5.56 Å². The molecule has 106 valence electrons. The maximum absolute atomic E-state index is 12.2. The van der Waals surface area contributed by atoms with Gasteiger partial charge in [0.15, 0.2) is 0 Å². The summed E-state index contributed by atoms with van der Waals surface area (Å²) in [5.41, 5.74) is 14.8. The summed E-state index contributed by atoms with van der Waals surface area (Å²) in [6, 6.07) is 8.26. The standard InChI is InChI=1S/C17H16N2O2/c1-4-12-6-5-10(2)16(11(12)3)21-17(20)13-7-14(18)9-15(19)8-13/h1,5-9H,18-19H2,2-3H3. The molecule has 2 rings (SSSR count). The first-order valence-electron chi connectivity index (χ1n) is 6.37. The Morgan fingerprint density at radius 2 is 1.76 bits per heavy atom. The Kier molecular flexibility index (Phi) is 3.86. The summed E-state index contributed by atoms with van der Waals surface area (Å²) in [4.78, 5) is 12.2. The number of nitrogen functional groups attached to an aromatic ring is 2. The molecule has 0 saturated carbocycles. The number of carbonyl (C=O) groups excluding carboxylic acids is 1. The molecule has 2 aromatic carbocycles. The van der Waals surface area contributed by atoms with Gasteiger partial charge in [-0.15, -0.1) is 6.42 Å². The Labute approximate surface area is 123 Å². The van der Waals surface area contributed by atoms with Crippen LogP contribution in [0.15, 0.2) is 30.3 Å². The molecule has 0 aliphatic heterocycles. The fourth-order valence-corrected chi connectivity index (χ4v) is 2.09. The van der Waals surface area contributed by atoms with Crippen LogP contribution in [0.4, 0.5) is 11.4 Å². The number of hydrogen-bond acceptors (Lipinski definition) is 4. The fraction of sp³-hybridized carbons (Fsp3) is 0.118. The third-order valence-electron chi connectivity index (χ3n) is 3.17. The van der Waals surface area contributed by atoms with Crippen LogP contribution in [0.1, 0.15) is 27.0 Å². The number of esters is 1. The molecule has 0 amide bonds. The first-order chi connectivity index (χ1) is 9.92. The molecule has 0 unspecified atom stereocenters. The Hall–Kier alpha value is -2.93. The van der Waals surface area contributed by atoms with Crippen LogP contribution in [0, 0.1) is 26.2 Å². The molecule has 0 heterocycles. The van der Waals surface area contributed by atoms with Crippen molar-refractivity contribution in [1.29, 1.82) is 0 Å². The Balaban J connectivity index is 2.38. The predicted molar refractivity (Wildman–Crippen MR) is 84.1 cm³/mol. The molecule has 0 saturated heterocycles. The van der Waals surface area contributed by atoms with Crippen molar-refractivity contribution >= 4 is 17.3 Å². The zero-order chi connectivity index (χ0) is 15.6. The molecule has 0 bridgehead atoms. The van der Waals surface area contributed by atoms with Crippen LogP contribution < -0.4 is 16.2 Å². The van der Waals surface area contributed by atoms with Gasteiger partial charge in [-0.05, 0) is 43.7 Å². The van der Waals surface area contributed by atoms with Gasteiger partial charge >= 0.3 is 5.97 Å². The van der Waals surface area contributed by atoms with Crippen LogP contribution in [0.2, 0.25) is 0 Å². The van der Waals surface area contributed by atoms with Crippen molar-refractivity contribution < 1.29 is 9.53 Å². The van der Waals surface area contributed by atoms with E-state index in [4.69, 9.17) is 22.6 Å². The lowest BCUT2D eigenvalue weighted by molar-refractivity contribution is 0.0732. The molecule has 21 heavy (non-hydrogen) atoms. The van der Waals surface area contributed by atoms with Crippen molar-refractivity contribution in [2.24, 2.45) is 0 Å². The number of nitrogens with two attached hydrogens (primary N) is 2. The highest BCUT2D eigenvalue weighted by atomic mass is 16.5. The van der Waals surface area contributed by atoms with Crippen LogP contribution in [0.25, 0.3) is 0 Å². The Bertz CT molecular complexity index is 738. The van der Waals surface area contributed by atoms with E-state index in [1.165, 1.54) is 12.1 Å².